The first-order valence-corrected chi connectivity index (χ1v) is 5.38. The van der Waals surface area contributed by atoms with Crippen LogP contribution in [0.5, 0.6) is 0 Å². The molecular weight excluding hydrogens is 190 g/mol. The van der Waals surface area contributed by atoms with Gasteiger partial charge in [-0.1, -0.05) is 18.0 Å². The van der Waals surface area contributed by atoms with Crippen LogP contribution in [0.4, 0.5) is 0 Å². The minimum atomic E-state index is 0.784. The zero-order valence-corrected chi connectivity index (χ0v) is 8.24. The fraction of sp³-hybridized carbons (Fsp3) is 0.444. The first-order chi connectivity index (χ1) is 5.84. The lowest BCUT2D eigenvalue weighted by Crippen LogP contribution is -2.12. The molecule has 1 aliphatic rings. The quantitative estimate of drug-likeness (QED) is 0.725. The maximum atomic E-state index is 5.84. The van der Waals surface area contributed by atoms with Crippen LogP contribution in [0.3, 0.4) is 0 Å². The molecule has 0 amide bonds. The molecule has 0 bridgehead atoms. The number of thioether (sulfide) groups is 1. The maximum Gasteiger partial charge on any atom is 0.0977 e. The molecule has 1 nitrogen and oxygen atoms in total. The van der Waals surface area contributed by atoms with Gasteiger partial charge in [0.1, 0.15) is 0 Å². The van der Waals surface area contributed by atoms with Crippen molar-refractivity contribution in [2.75, 3.05) is 0 Å². The second-order valence-corrected chi connectivity index (χ2v) is 4.74. The third-order valence-corrected chi connectivity index (χ3v) is 3.54. The Morgan fingerprint density at radius 2 is 2.33 bits per heavy atom. The van der Waals surface area contributed by atoms with Gasteiger partial charge in [-0.2, -0.15) is 0 Å². The summed E-state index contributed by atoms with van der Waals surface area (Å²) in [6.45, 7) is 0. The molecule has 1 aromatic rings. The number of rotatable bonds is 2. The lowest BCUT2D eigenvalue weighted by atomic mass is 10.0. The summed E-state index contributed by atoms with van der Waals surface area (Å²) in [7, 11) is 0. The Hall–Kier alpha value is -0.210. The van der Waals surface area contributed by atoms with E-state index < -0.39 is 0 Å². The van der Waals surface area contributed by atoms with Gasteiger partial charge in [0.2, 0.25) is 0 Å². The molecule has 1 aromatic heterocycles. The highest BCUT2D eigenvalue weighted by Gasteiger charge is 2.18. The van der Waals surface area contributed by atoms with Gasteiger partial charge in [0.15, 0.2) is 0 Å². The summed E-state index contributed by atoms with van der Waals surface area (Å²) in [5.41, 5.74) is 0. The molecule has 1 fully saturated rings. The van der Waals surface area contributed by atoms with Crippen LogP contribution in [-0.2, 0) is 0 Å². The van der Waals surface area contributed by atoms with Gasteiger partial charge in [-0.05, 0) is 25.0 Å². The first-order valence-electron chi connectivity index (χ1n) is 4.13. The van der Waals surface area contributed by atoms with E-state index in [-0.39, 0.29) is 0 Å². The molecular formula is C9H10ClNS. The fourth-order valence-electron chi connectivity index (χ4n) is 1.11. The van der Waals surface area contributed by atoms with E-state index in [0.29, 0.717) is 0 Å². The number of halogens is 1. The van der Waals surface area contributed by atoms with Gasteiger partial charge in [0, 0.05) is 16.5 Å². The van der Waals surface area contributed by atoms with Gasteiger partial charge in [0.05, 0.1) is 5.03 Å². The summed E-state index contributed by atoms with van der Waals surface area (Å²) >= 11 is 7.69. The van der Waals surface area contributed by atoms with Gasteiger partial charge in [-0.15, -0.1) is 11.8 Å². The van der Waals surface area contributed by atoms with Crippen molar-refractivity contribution >= 4 is 23.4 Å². The maximum absolute atomic E-state index is 5.84. The van der Waals surface area contributed by atoms with E-state index in [0.717, 1.165) is 15.3 Å². The predicted octanol–water partition coefficient (Wildman–Crippen LogP) is 3.38. The van der Waals surface area contributed by atoms with E-state index in [4.69, 9.17) is 11.6 Å². The van der Waals surface area contributed by atoms with E-state index in [9.17, 15) is 0 Å². The van der Waals surface area contributed by atoms with Gasteiger partial charge < -0.3 is 0 Å². The number of nitrogens with zero attached hydrogens (tertiary/aromatic N) is 1. The molecule has 0 N–H and O–H groups in total. The fourth-order valence-corrected chi connectivity index (χ4v) is 2.56. The molecule has 1 aliphatic carbocycles. The molecule has 64 valence electrons. The zero-order valence-electron chi connectivity index (χ0n) is 6.66. The van der Waals surface area contributed by atoms with Gasteiger partial charge in [-0.3, -0.25) is 0 Å². The highest BCUT2D eigenvalue weighted by atomic mass is 35.5. The summed E-state index contributed by atoms with van der Waals surface area (Å²) in [6.07, 6.45) is 5.80. The van der Waals surface area contributed by atoms with Crippen molar-refractivity contribution in [1.29, 1.82) is 0 Å². The van der Waals surface area contributed by atoms with Crippen molar-refractivity contribution in [2.45, 2.75) is 29.5 Å². The normalized spacial score (nSPS) is 17.4. The Morgan fingerprint density at radius 3 is 2.92 bits per heavy atom. The minimum absolute atomic E-state index is 0.784. The molecule has 0 aliphatic heterocycles. The van der Waals surface area contributed by atoms with E-state index in [1.807, 2.05) is 23.9 Å². The molecule has 1 saturated carbocycles. The Bertz CT molecular complexity index is 273. The Balaban J connectivity index is 2.02. The average Bonchev–Trinajstić information content (AvgIpc) is 1.97. The highest BCUT2D eigenvalue weighted by Crippen LogP contribution is 2.35. The van der Waals surface area contributed by atoms with Gasteiger partial charge in [0.25, 0.3) is 0 Å². The number of aromatic nitrogens is 1. The van der Waals surface area contributed by atoms with Crippen molar-refractivity contribution < 1.29 is 0 Å². The summed E-state index contributed by atoms with van der Waals surface area (Å²) in [5, 5.41) is 2.63. The molecule has 1 heterocycles. The topological polar surface area (TPSA) is 12.9 Å². The van der Waals surface area contributed by atoms with E-state index in [2.05, 4.69) is 4.98 Å². The van der Waals surface area contributed by atoms with E-state index >= 15 is 0 Å². The summed E-state index contributed by atoms with van der Waals surface area (Å²) in [5.74, 6) is 0. The SMILES string of the molecule is Clc1ccnc(SC2CCC2)c1. The predicted molar refractivity (Wildman–Crippen MR) is 52.7 cm³/mol. The number of hydrogen-bond donors (Lipinski definition) is 0. The highest BCUT2D eigenvalue weighted by molar-refractivity contribution is 7.99. The van der Waals surface area contributed by atoms with Crippen LogP contribution in [0.1, 0.15) is 19.3 Å². The Labute approximate surface area is 81.5 Å². The summed E-state index contributed by atoms with van der Waals surface area (Å²) < 4.78 is 0. The number of hydrogen-bond acceptors (Lipinski definition) is 2. The smallest absolute Gasteiger partial charge is 0.0977 e. The van der Waals surface area contributed by atoms with Gasteiger partial charge >= 0.3 is 0 Å². The van der Waals surface area contributed by atoms with Crippen molar-refractivity contribution in [3.63, 3.8) is 0 Å². The molecule has 12 heavy (non-hydrogen) atoms. The molecule has 0 radical (unpaired) electrons. The third-order valence-electron chi connectivity index (χ3n) is 2.04. The summed E-state index contributed by atoms with van der Waals surface area (Å²) in [4.78, 5) is 4.24. The van der Waals surface area contributed by atoms with E-state index in [1.54, 1.807) is 6.20 Å². The lowest BCUT2D eigenvalue weighted by molar-refractivity contribution is 0.521. The van der Waals surface area contributed by atoms with Crippen molar-refractivity contribution in [2.24, 2.45) is 0 Å². The standard InChI is InChI=1S/C9H10ClNS/c10-7-4-5-11-9(6-7)12-8-2-1-3-8/h4-6,8H,1-3H2. The molecule has 0 saturated heterocycles. The largest absolute Gasteiger partial charge is 0.250 e. The van der Waals surface area contributed by atoms with Crippen LogP contribution >= 0.6 is 23.4 Å². The Morgan fingerprint density at radius 1 is 1.50 bits per heavy atom. The van der Waals surface area contributed by atoms with Crippen LogP contribution in [0.2, 0.25) is 5.02 Å². The first kappa shape index (κ1) is 8.39. The minimum Gasteiger partial charge on any atom is -0.250 e. The van der Waals surface area contributed by atoms with Crippen molar-refractivity contribution in [3.05, 3.63) is 23.4 Å². The molecule has 0 unspecified atom stereocenters. The van der Waals surface area contributed by atoms with Crippen LogP contribution in [0.25, 0.3) is 0 Å². The molecule has 0 spiro atoms. The van der Waals surface area contributed by atoms with E-state index in [1.165, 1.54) is 19.3 Å². The van der Waals surface area contributed by atoms with Gasteiger partial charge in [-0.25, -0.2) is 4.98 Å². The van der Waals surface area contributed by atoms with Crippen LogP contribution < -0.4 is 0 Å². The summed E-state index contributed by atoms with van der Waals surface area (Å²) in [6, 6.07) is 3.75. The molecule has 0 aromatic carbocycles. The van der Waals surface area contributed by atoms with Crippen molar-refractivity contribution in [3.8, 4) is 0 Å². The van der Waals surface area contributed by atoms with Crippen molar-refractivity contribution in [1.82, 2.24) is 4.98 Å². The molecule has 0 atom stereocenters. The second-order valence-electron chi connectivity index (χ2n) is 2.98. The zero-order chi connectivity index (χ0) is 8.39. The molecule has 3 heteroatoms. The van der Waals surface area contributed by atoms with Crippen LogP contribution in [-0.4, -0.2) is 10.2 Å². The molecule has 2 rings (SSSR count). The van der Waals surface area contributed by atoms with Crippen LogP contribution in [0, 0.1) is 0 Å². The second kappa shape index (κ2) is 3.67. The third kappa shape index (κ3) is 1.93. The number of pyridine rings is 1. The lowest BCUT2D eigenvalue weighted by Gasteiger charge is -2.23. The average molecular weight is 200 g/mol. The Kier molecular flexibility index (Phi) is 2.57. The van der Waals surface area contributed by atoms with Crippen LogP contribution in [0.15, 0.2) is 23.4 Å². The monoisotopic (exact) mass is 199 g/mol.